The molecular weight excluding hydrogens is 397 g/mol. The van der Waals surface area contributed by atoms with E-state index in [4.69, 9.17) is 0 Å². The number of likely N-dealkylation sites (tertiary alicyclic amines) is 1. The second-order valence-electron chi connectivity index (χ2n) is 9.27. The van der Waals surface area contributed by atoms with Crippen molar-refractivity contribution in [2.24, 2.45) is 5.92 Å². The number of hydrogen-bond donors (Lipinski definition) is 3. The zero-order valence-corrected chi connectivity index (χ0v) is 17.4. The van der Waals surface area contributed by atoms with Crippen LogP contribution in [0.3, 0.4) is 0 Å². The number of aromatic hydroxyl groups is 1. The third-order valence-corrected chi connectivity index (χ3v) is 7.80. The summed E-state index contributed by atoms with van der Waals surface area (Å²) in [6, 6.07) is 6.59. The highest BCUT2D eigenvalue weighted by molar-refractivity contribution is 6.07. The number of amides is 1. The first-order valence-corrected chi connectivity index (χ1v) is 10.8. The molecule has 1 aliphatic heterocycles. The molecule has 0 radical (unpaired) electrons. The molecule has 5 atom stereocenters. The van der Waals surface area contributed by atoms with Crippen molar-refractivity contribution in [3.05, 3.63) is 41.3 Å². The lowest BCUT2D eigenvalue weighted by Crippen LogP contribution is -2.34. The van der Waals surface area contributed by atoms with Crippen LogP contribution in [0.2, 0.25) is 0 Å². The number of aromatic nitrogens is 3. The van der Waals surface area contributed by atoms with Gasteiger partial charge in [0.2, 0.25) is 0 Å². The van der Waals surface area contributed by atoms with Crippen LogP contribution in [0, 0.1) is 18.7 Å². The van der Waals surface area contributed by atoms with Crippen LogP contribution in [0.15, 0.2) is 24.3 Å². The van der Waals surface area contributed by atoms with Crippen molar-refractivity contribution in [2.45, 2.75) is 50.2 Å². The molecule has 160 valence electrons. The Morgan fingerprint density at radius 3 is 2.94 bits per heavy atom. The summed E-state index contributed by atoms with van der Waals surface area (Å²) < 4.78 is 13.9. The van der Waals surface area contributed by atoms with E-state index in [1.165, 1.54) is 25.0 Å². The number of halogens is 1. The van der Waals surface area contributed by atoms with Crippen molar-refractivity contribution in [2.75, 3.05) is 7.05 Å². The number of rotatable bonds is 3. The first-order valence-electron chi connectivity index (χ1n) is 10.8. The fourth-order valence-corrected chi connectivity index (χ4v) is 6.31. The highest BCUT2D eigenvalue weighted by atomic mass is 19.1. The number of likely N-dealkylation sites (N-methyl/N-ethyl adjacent to an activating group) is 1. The number of aryl methyl sites for hydroxylation is 1. The Bertz CT molecular complexity index is 1240. The number of H-pyrrole nitrogens is 1. The number of nitrogens with zero attached hydrogens (tertiary/aromatic N) is 3. The molecule has 1 amide bonds. The number of nitrogens with one attached hydrogen (secondary N) is 2. The number of piperidine rings is 1. The molecule has 8 heteroatoms. The molecule has 2 aromatic heterocycles. The molecule has 1 spiro atoms. The zero-order valence-electron chi connectivity index (χ0n) is 17.4. The predicted octanol–water partition coefficient (Wildman–Crippen LogP) is 3.13. The molecule has 0 bridgehead atoms. The summed E-state index contributed by atoms with van der Waals surface area (Å²) in [7, 11) is 2.20. The van der Waals surface area contributed by atoms with Gasteiger partial charge in [-0.05, 0) is 69.8 Å². The topological polar surface area (TPSA) is 93.9 Å². The Kier molecular flexibility index (Phi) is 3.78. The molecule has 1 aromatic carbocycles. The fourth-order valence-electron chi connectivity index (χ4n) is 6.31. The summed E-state index contributed by atoms with van der Waals surface area (Å²) in [5.74, 6) is -0.647. The summed E-state index contributed by atoms with van der Waals surface area (Å²) >= 11 is 0. The lowest BCUT2D eigenvalue weighted by atomic mass is 9.98. The van der Waals surface area contributed by atoms with Crippen LogP contribution in [-0.2, 0) is 0 Å². The minimum atomic E-state index is -0.733. The van der Waals surface area contributed by atoms with Crippen molar-refractivity contribution >= 4 is 16.9 Å². The molecule has 7 nitrogen and oxygen atoms in total. The van der Waals surface area contributed by atoms with Gasteiger partial charge < -0.3 is 10.4 Å². The van der Waals surface area contributed by atoms with Gasteiger partial charge in [0.25, 0.3) is 5.91 Å². The summed E-state index contributed by atoms with van der Waals surface area (Å²) in [6.07, 6.45) is 4.53. The van der Waals surface area contributed by atoms with E-state index in [9.17, 15) is 14.3 Å². The van der Waals surface area contributed by atoms with E-state index in [-0.39, 0.29) is 11.9 Å². The van der Waals surface area contributed by atoms with Crippen LogP contribution >= 0.6 is 0 Å². The van der Waals surface area contributed by atoms with Gasteiger partial charge in [-0.3, -0.25) is 14.8 Å². The fraction of sp³-hybridized carbons (Fsp3) is 0.435. The van der Waals surface area contributed by atoms with Gasteiger partial charge in [0, 0.05) is 28.9 Å². The van der Waals surface area contributed by atoms with E-state index in [1.54, 1.807) is 12.1 Å². The summed E-state index contributed by atoms with van der Waals surface area (Å²) in [5, 5.41) is 20.6. The van der Waals surface area contributed by atoms with Gasteiger partial charge in [-0.25, -0.2) is 9.37 Å². The van der Waals surface area contributed by atoms with E-state index in [1.807, 2.05) is 6.92 Å². The van der Waals surface area contributed by atoms with Gasteiger partial charge >= 0.3 is 0 Å². The Labute approximate surface area is 178 Å². The van der Waals surface area contributed by atoms with Gasteiger partial charge in [0.05, 0.1) is 16.6 Å². The first-order chi connectivity index (χ1) is 14.9. The van der Waals surface area contributed by atoms with Crippen LogP contribution < -0.4 is 5.32 Å². The maximum atomic E-state index is 13.9. The standard InChI is InChI=1S/C23H24FN5O2/c1-11-20-15(22(31)25-14-8-13-4-6-19-23(13,10-14)29(19)2)9-17(26-21(20)28-27-11)12-3-5-18(30)16(24)7-12/h3,5,7,9,13-14,19,30H,4,6,8,10H2,1-2H3,(H,25,31)(H,26,27,28). The molecule has 3 aliphatic rings. The molecular formula is C23H24FN5O2. The highest BCUT2D eigenvalue weighted by Crippen LogP contribution is 2.63. The number of hydrogen-bond acceptors (Lipinski definition) is 5. The van der Waals surface area contributed by atoms with Crippen molar-refractivity contribution in [1.82, 2.24) is 25.4 Å². The van der Waals surface area contributed by atoms with E-state index >= 15 is 0 Å². The average molecular weight is 421 g/mol. The second-order valence-corrected chi connectivity index (χ2v) is 9.27. The predicted molar refractivity (Wildman–Crippen MR) is 113 cm³/mol. The van der Waals surface area contributed by atoms with Gasteiger partial charge in [-0.15, -0.1) is 0 Å². The number of benzene rings is 1. The summed E-state index contributed by atoms with van der Waals surface area (Å²) in [6.45, 7) is 1.86. The number of phenolic OH excluding ortho intramolecular Hbond substituents is 1. The molecule has 3 aromatic rings. The van der Waals surface area contributed by atoms with Crippen molar-refractivity contribution in [3.8, 4) is 17.0 Å². The molecule has 2 aliphatic carbocycles. The highest BCUT2D eigenvalue weighted by Gasteiger charge is 2.70. The van der Waals surface area contributed by atoms with Gasteiger partial charge in [0.1, 0.15) is 0 Å². The summed E-state index contributed by atoms with van der Waals surface area (Å²) in [4.78, 5) is 20.4. The van der Waals surface area contributed by atoms with Gasteiger partial charge in [-0.1, -0.05) is 0 Å². The summed E-state index contributed by atoms with van der Waals surface area (Å²) in [5.41, 5.74) is 2.87. The maximum Gasteiger partial charge on any atom is 0.252 e. The zero-order chi connectivity index (χ0) is 21.5. The molecule has 5 unspecified atom stereocenters. The van der Waals surface area contributed by atoms with Crippen LogP contribution in [-0.4, -0.2) is 55.8 Å². The third kappa shape index (κ3) is 2.57. The number of carbonyl (C=O) groups is 1. The SMILES string of the molecule is Cc1[nH]nc2nc(-c3ccc(O)c(F)c3)cc(C(=O)NC3CC4CCC5N(C)C45C3)c12. The smallest absolute Gasteiger partial charge is 0.252 e. The van der Waals surface area contributed by atoms with E-state index in [2.05, 4.69) is 32.4 Å². The number of carbonyl (C=O) groups excluding carboxylic acids is 1. The Morgan fingerprint density at radius 2 is 2.19 bits per heavy atom. The van der Waals surface area contributed by atoms with E-state index in [0.717, 1.165) is 18.5 Å². The number of aromatic amines is 1. The Morgan fingerprint density at radius 1 is 1.35 bits per heavy atom. The molecule has 3 heterocycles. The Balaban J connectivity index is 1.34. The molecule has 6 rings (SSSR count). The Hall–Kier alpha value is -3.00. The third-order valence-electron chi connectivity index (χ3n) is 7.80. The quantitative estimate of drug-likeness (QED) is 0.565. The van der Waals surface area contributed by atoms with E-state index in [0.29, 0.717) is 45.4 Å². The van der Waals surface area contributed by atoms with Gasteiger partial charge in [-0.2, -0.15) is 5.10 Å². The molecule has 3 fully saturated rings. The van der Waals surface area contributed by atoms with Crippen LogP contribution in [0.25, 0.3) is 22.3 Å². The molecule has 31 heavy (non-hydrogen) atoms. The first kappa shape index (κ1) is 18.7. The van der Waals surface area contributed by atoms with Gasteiger partial charge in [0.15, 0.2) is 17.2 Å². The van der Waals surface area contributed by atoms with Crippen LogP contribution in [0.4, 0.5) is 4.39 Å². The average Bonchev–Trinajstić information content (AvgIpc) is 3.12. The number of pyridine rings is 1. The largest absolute Gasteiger partial charge is 0.505 e. The molecule has 1 saturated heterocycles. The number of phenols is 1. The minimum absolute atomic E-state index is 0.148. The van der Waals surface area contributed by atoms with Crippen LogP contribution in [0.1, 0.15) is 41.7 Å². The maximum absolute atomic E-state index is 13.9. The van der Waals surface area contributed by atoms with Crippen molar-refractivity contribution < 1.29 is 14.3 Å². The number of fused-ring (bicyclic) bond motifs is 1. The van der Waals surface area contributed by atoms with E-state index < -0.39 is 11.6 Å². The monoisotopic (exact) mass is 421 g/mol. The molecule has 3 N–H and O–H groups in total. The van der Waals surface area contributed by atoms with Crippen LogP contribution in [0.5, 0.6) is 5.75 Å². The second kappa shape index (κ2) is 6.26. The normalized spacial score (nSPS) is 30.9. The lowest BCUT2D eigenvalue weighted by molar-refractivity contribution is 0.0938. The van der Waals surface area contributed by atoms with Crippen molar-refractivity contribution in [1.29, 1.82) is 0 Å². The van der Waals surface area contributed by atoms with Crippen molar-refractivity contribution in [3.63, 3.8) is 0 Å². The lowest BCUT2D eigenvalue weighted by Gasteiger charge is -2.14. The molecule has 2 saturated carbocycles. The minimum Gasteiger partial charge on any atom is -0.505 e.